The maximum absolute atomic E-state index is 13.2. The minimum Gasteiger partial charge on any atom is -0.307 e. The number of nitrogens with two attached hydrogens (primary N) is 1. The van der Waals surface area contributed by atoms with Crippen molar-refractivity contribution >= 4 is 21.6 Å². The molecule has 0 aromatic heterocycles. The molecule has 1 aliphatic rings. The van der Waals surface area contributed by atoms with Crippen LogP contribution in [0.1, 0.15) is 41.3 Å². The molecule has 0 saturated heterocycles. The zero-order valence-electron chi connectivity index (χ0n) is 14.6. The van der Waals surface area contributed by atoms with E-state index >= 15 is 0 Å². The Morgan fingerprint density at radius 1 is 1.20 bits per heavy atom. The number of para-hydroxylation sites is 1. The number of rotatable bonds is 3. The summed E-state index contributed by atoms with van der Waals surface area (Å²) >= 11 is 0. The van der Waals surface area contributed by atoms with Crippen LogP contribution in [-0.4, -0.2) is 20.9 Å². The van der Waals surface area contributed by atoms with Crippen molar-refractivity contribution in [2.75, 3.05) is 11.4 Å². The number of hydrogen-bond acceptors (Lipinski definition) is 3. The molecule has 1 heterocycles. The fourth-order valence-electron chi connectivity index (χ4n) is 3.41. The normalized spacial score (nSPS) is 17.0. The first-order chi connectivity index (χ1) is 11.7. The summed E-state index contributed by atoms with van der Waals surface area (Å²) in [6.45, 7) is 6.60. The minimum atomic E-state index is -3.98. The van der Waals surface area contributed by atoms with Gasteiger partial charge in [0.1, 0.15) is 0 Å². The Morgan fingerprint density at radius 3 is 2.52 bits per heavy atom. The molecule has 1 aliphatic heterocycles. The van der Waals surface area contributed by atoms with E-state index in [-0.39, 0.29) is 22.3 Å². The van der Waals surface area contributed by atoms with Crippen LogP contribution in [0.2, 0.25) is 0 Å². The van der Waals surface area contributed by atoms with E-state index in [9.17, 15) is 13.2 Å². The van der Waals surface area contributed by atoms with E-state index in [2.05, 4.69) is 13.8 Å². The summed E-state index contributed by atoms with van der Waals surface area (Å²) in [6, 6.07) is 12.4. The van der Waals surface area contributed by atoms with Gasteiger partial charge in [0.05, 0.1) is 10.5 Å². The molecule has 0 saturated carbocycles. The quantitative estimate of drug-likeness (QED) is 0.916. The van der Waals surface area contributed by atoms with Gasteiger partial charge in [0.2, 0.25) is 10.0 Å². The summed E-state index contributed by atoms with van der Waals surface area (Å²) in [5, 5.41) is 5.32. The molecule has 0 spiro atoms. The molecule has 1 unspecified atom stereocenters. The lowest BCUT2D eigenvalue weighted by Gasteiger charge is -2.20. The van der Waals surface area contributed by atoms with Crippen LogP contribution < -0.4 is 10.0 Å². The lowest BCUT2D eigenvalue weighted by molar-refractivity contribution is 0.0984. The summed E-state index contributed by atoms with van der Waals surface area (Å²) in [7, 11) is -3.98. The Bertz CT molecular complexity index is 935. The molecule has 5 nitrogen and oxygen atoms in total. The number of sulfonamides is 1. The van der Waals surface area contributed by atoms with E-state index in [0.29, 0.717) is 12.5 Å². The van der Waals surface area contributed by atoms with E-state index in [4.69, 9.17) is 5.14 Å². The summed E-state index contributed by atoms with van der Waals surface area (Å²) < 4.78 is 23.8. The van der Waals surface area contributed by atoms with Gasteiger partial charge in [0.15, 0.2) is 0 Å². The van der Waals surface area contributed by atoms with Crippen molar-refractivity contribution in [3.63, 3.8) is 0 Å². The van der Waals surface area contributed by atoms with E-state index in [1.165, 1.54) is 6.07 Å². The summed E-state index contributed by atoms with van der Waals surface area (Å²) in [6.07, 6.45) is 0. The fraction of sp³-hybridized carbons (Fsp3) is 0.316. The summed E-state index contributed by atoms with van der Waals surface area (Å²) in [4.78, 5) is 14.7. The first kappa shape index (κ1) is 17.6. The topological polar surface area (TPSA) is 80.5 Å². The van der Waals surface area contributed by atoms with Gasteiger partial charge >= 0.3 is 0 Å². The SMILES string of the molecule is Cc1ccc(S(N)(=O)=O)c(C(=O)N2CC(C(C)C)c3ccccc32)c1. The minimum absolute atomic E-state index is 0.127. The third kappa shape index (κ3) is 3.19. The smallest absolute Gasteiger partial charge is 0.259 e. The van der Waals surface area contributed by atoms with Crippen molar-refractivity contribution in [1.29, 1.82) is 0 Å². The van der Waals surface area contributed by atoms with Crippen LogP contribution in [0.5, 0.6) is 0 Å². The zero-order chi connectivity index (χ0) is 18.4. The number of fused-ring (bicyclic) bond motifs is 1. The molecule has 1 atom stereocenters. The predicted octanol–water partition coefficient (Wildman–Crippen LogP) is 3.04. The van der Waals surface area contributed by atoms with Gasteiger partial charge in [-0.3, -0.25) is 4.79 Å². The van der Waals surface area contributed by atoms with Gasteiger partial charge in [0, 0.05) is 18.2 Å². The lowest BCUT2D eigenvalue weighted by atomic mass is 9.90. The Hall–Kier alpha value is -2.18. The molecular weight excluding hydrogens is 336 g/mol. The molecule has 2 aromatic carbocycles. The van der Waals surface area contributed by atoms with E-state index < -0.39 is 10.0 Å². The second-order valence-corrected chi connectivity index (χ2v) is 8.40. The number of anilines is 1. The van der Waals surface area contributed by atoms with Crippen molar-refractivity contribution < 1.29 is 13.2 Å². The van der Waals surface area contributed by atoms with Gasteiger partial charge < -0.3 is 4.90 Å². The second kappa shape index (κ2) is 6.28. The predicted molar refractivity (Wildman–Crippen MR) is 98.2 cm³/mol. The fourth-order valence-corrected chi connectivity index (χ4v) is 4.12. The number of aryl methyl sites for hydroxylation is 1. The number of benzene rings is 2. The van der Waals surface area contributed by atoms with Crippen LogP contribution in [0.3, 0.4) is 0 Å². The van der Waals surface area contributed by atoms with Gasteiger partial charge in [-0.05, 0) is 36.6 Å². The van der Waals surface area contributed by atoms with Gasteiger partial charge in [0.25, 0.3) is 5.91 Å². The Labute approximate surface area is 148 Å². The van der Waals surface area contributed by atoms with Crippen LogP contribution in [0, 0.1) is 12.8 Å². The van der Waals surface area contributed by atoms with Gasteiger partial charge in [-0.2, -0.15) is 0 Å². The van der Waals surface area contributed by atoms with Gasteiger partial charge in [-0.1, -0.05) is 43.7 Å². The highest BCUT2D eigenvalue weighted by Crippen LogP contribution is 2.41. The highest BCUT2D eigenvalue weighted by Gasteiger charge is 2.35. The molecular formula is C19H22N2O3S. The molecule has 0 radical (unpaired) electrons. The van der Waals surface area contributed by atoms with Crippen molar-refractivity contribution in [3.8, 4) is 0 Å². The zero-order valence-corrected chi connectivity index (χ0v) is 15.4. The van der Waals surface area contributed by atoms with Crippen molar-refractivity contribution in [2.24, 2.45) is 11.1 Å². The van der Waals surface area contributed by atoms with Crippen LogP contribution >= 0.6 is 0 Å². The van der Waals surface area contributed by atoms with E-state index in [1.54, 1.807) is 17.0 Å². The Morgan fingerprint density at radius 2 is 1.88 bits per heavy atom. The maximum atomic E-state index is 13.2. The molecule has 3 rings (SSSR count). The van der Waals surface area contributed by atoms with Crippen molar-refractivity contribution in [1.82, 2.24) is 0 Å². The molecule has 2 aromatic rings. The maximum Gasteiger partial charge on any atom is 0.259 e. The average molecular weight is 358 g/mol. The molecule has 132 valence electrons. The molecule has 0 bridgehead atoms. The number of amides is 1. The number of nitrogens with zero attached hydrogens (tertiary/aromatic N) is 1. The second-order valence-electron chi connectivity index (χ2n) is 6.87. The molecule has 1 amide bonds. The molecule has 6 heteroatoms. The lowest BCUT2D eigenvalue weighted by Crippen LogP contribution is -2.32. The van der Waals surface area contributed by atoms with Crippen LogP contribution in [-0.2, 0) is 10.0 Å². The van der Waals surface area contributed by atoms with Crippen molar-refractivity contribution in [2.45, 2.75) is 31.6 Å². The van der Waals surface area contributed by atoms with Crippen LogP contribution in [0.4, 0.5) is 5.69 Å². The largest absolute Gasteiger partial charge is 0.307 e. The monoisotopic (exact) mass is 358 g/mol. The third-order valence-corrected chi connectivity index (χ3v) is 5.70. The molecule has 2 N–H and O–H groups in total. The van der Waals surface area contributed by atoms with Gasteiger partial charge in [-0.25, -0.2) is 13.6 Å². The number of carbonyl (C=O) groups excluding carboxylic acids is 1. The summed E-state index contributed by atoms with van der Waals surface area (Å²) in [5.41, 5.74) is 2.90. The third-order valence-electron chi connectivity index (χ3n) is 4.73. The molecule has 0 aliphatic carbocycles. The number of hydrogen-bond donors (Lipinski definition) is 1. The first-order valence-corrected chi connectivity index (χ1v) is 9.79. The highest BCUT2D eigenvalue weighted by atomic mass is 32.2. The van der Waals surface area contributed by atoms with E-state index in [1.807, 2.05) is 31.2 Å². The molecule has 0 fully saturated rings. The number of primary sulfonamides is 1. The Balaban J connectivity index is 2.11. The average Bonchev–Trinajstić information content (AvgIpc) is 2.93. The van der Waals surface area contributed by atoms with Gasteiger partial charge in [-0.15, -0.1) is 0 Å². The highest BCUT2D eigenvalue weighted by molar-refractivity contribution is 7.89. The standard InChI is InChI=1S/C19H22N2O3S/c1-12(2)16-11-21(17-7-5-4-6-14(16)17)19(22)15-10-13(3)8-9-18(15)25(20,23)24/h4-10,12,16H,11H2,1-3H3,(H2,20,23,24). The first-order valence-electron chi connectivity index (χ1n) is 8.24. The molecule has 25 heavy (non-hydrogen) atoms. The van der Waals surface area contributed by atoms with E-state index in [0.717, 1.165) is 16.8 Å². The van der Waals surface area contributed by atoms with Crippen LogP contribution in [0.25, 0.3) is 0 Å². The van der Waals surface area contributed by atoms with Crippen molar-refractivity contribution in [3.05, 3.63) is 59.2 Å². The van der Waals surface area contributed by atoms with Crippen LogP contribution in [0.15, 0.2) is 47.4 Å². The summed E-state index contributed by atoms with van der Waals surface area (Å²) in [5.74, 6) is 0.264. The number of carbonyl (C=O) groups is 1. The Kier molecular flexibility index (Phi) is 4.43.